The molecule has 0 aliphatic heterocycles. The Labute approximate surface area is 308 Å². The smallest absolute Gasteiger partial charge is 0.339 e. The maximum Gasteiger partial charge on any atom is 0.339 e. The molecule has 51 heavy (non-hydrogen) atoms. The van der Waals surface area contributed by atoms with Gasteiger partial charge in [0, 0.05) is 5.41 Å². The number of esters is 2. The molecule has 0 aromatic heterocycles. The fourth-order valence-corrected chi connectivity index (χ4v) is 12.6. The second-order valence-electron chi connectivity index (χ2n) is 20.4. The van der Waals surface area contributed by atoms with Crippen LogP contribution in [0.3, 0.4) is 0 Å². The first-order valence-corrected chi connectivity index (χ1v) is 19.9. The number of hydrogen-bond donors (Lipinski definition) is 1. The molecule has 1 aromatic rings. The number of hydrogen-bond acceptors (Lipinski definition) is 5. The zero-order valence-electron chi connectivity index (χ0n) is 33.7. The van der Waals surface area contributed by atoms with Gasteiger partial charge in [0.05, 0.1) is 57.9 Å². The van der Waals surface area contributed by atoms with E-state index in [1.807, 2.05) is 0 Å². The summed E-state index contributed by atoms with van der Waals surface area (Å²) in [5, 5.41) is 3.44. The Balaban J connectivity index is 1.29. The van der Waals surface area contributed by atoms with Gasteiger partial charge in [-0.15, -0.1) is 0 Å². The van der Waals surface area contributed by atoms with E-state index in [-0.39, 0.29) is 55.6 Å². The molecule has 0 unspecified atom stereocenters. The third kappa shape index (κ3) is 6.09. The van der Waals surface area contributed by atoms with Crippen molar-refractivity contribution >= 4 is 17.8 Å². The molecule has 1 N–H and O–H groups in total. The minimum absolute atomic E-state index is 0.0593. The first-order valence-electron chi connectivity index (χ1n) is 19.9. The van der Waals surface area contributed by atoms with Crippen LogP contribution in [0.25, 0.3) is 0 Å². The van der Waals surface area contributed by atoms with Crippen molar-refractivity contribution in [1.82, 2.24) is 5.32 Å². The van der Waals surface area contributed by atoms with Crippen molar-refractivity contribution in [3.8, 4) is 0 Å². The number of methoxy groups -OCH3 is 1. The number of fused-ring (bicyclic) bond motifs is 6. The monoisotopic (exact) mass is 704 g/mol. The zero-order valence-corrected chi connectivity index (χ0v) is 33.7. The highest BCUT2D eigenvalue weighted by Crippen LogP contribution is 2.75. The van der Waals surface area contributed by atoms with Crippen LogP contribution in [0.4, 0.5) is 0 Å². The fraction of sp³-hybridized carbons (Fsp3) is 0.750. The van der Waals surface area contributed by atoms with E-state index in [9.17, 15) is 14.4 Å². The average Bonchev–Trinajstić information content (AvgIpc) is 3.05. The molecular weight excluding hydrogens is 636 g/mol. The molecule has 0 bridgehead atoms. The molecule has 1 amide bonds. The van der Waals surface area contributed by atoms with Crippen molar-refractivity contribution in [2.75, 3.05) is 41.3 Å². The Morgan fingerprint density at radius 1 is 0.784 bits per heavy atom. The average molecular weight is 704 g/mol. The molecule has 1 aromatic carbocycles. The van der Waals surface area contributed by atoms with E-state index in [4.69, 9.17) is 9.47 Å². The number of nitrogens with zero attached hydrogens (tertiary/aromatic N) is 1. The molecule has 5 aliphatic carbocycles. The molecule has 5 aliphatic rings. The lowest BCUT2D eigenvalue weighted by Crippen LogP contribution is -2.64. The predicted molar refractivity (Wildman–Crippen MR) is 202 cm³/mol. The van der Waals surface area contributed by atoms with E-state index >= 15 is 0 Å². The van der Waals surface area contributed by atoms with Crippen molar-refractivity contribution in [1.29, 1.82) is 0 Å². The van der Waals surface area contributed by atoms with E-state index in [1.165, 1.54) is 12.7 Å². The SMILES string of the molecule is COC(=O)c1ccccc1C(=O)O[C@H]1CC[C@]2(C)[C@H]3CCC4=C5CC(C)(C)CC[C@]5(C(=O)NCC[N+](C)(C)C)CC[C@@]4(C)[C@]3(C)CC[C@H]2C1(C)C. The summed E-state index contributed by atoms with van der Waals surface area (Å²) in [6.45, 7) is 18.9. The number of allylic oxidation sites excluding steroid dienone is 1. The summed E-state index contributed by atoms with van der Waals surface area (Å²) in [6.07, 6.45) is 11.2. The van der Waals surface area contributed by atoms with Gasteiger partial charge in [0.25, 0.3) is 0 Å². The van der Waals surface area contributed by atoms with Gasteiger partial charge in [-0.1, -0.05) is 71.7 Å². The molecular formula is C44H67N2O5+. The standard InChI is InChI=1S/C44H66N2O5/c1-39(2)22-24-44(38(49)45-26-27-46(8,9)10)25-23-42(6)31(32(44)28-39)16-17-34-41(5)20-19-35(40(3,4)33(41)18-21-43(34,42)7)51-37(48)30-15-13-12-14-29(30)36(47)50-11/h12-15,33-35H,16-28H2,1-11H3/p+1/t33-,34+,35-,41-,42+,43+,44-/m0/s1. The number of benzene rings is 1. The van der Waals surface area contributed by atoms with Crippen LogP contribution in [0, 0.1) is 44.3 Å². The van der Waals surface area contributed by atoms with Crippen molar-refractivity contribution in [3.05, 3.63) is 46.5 Å². The summed E-state index contributed by atoms with van der Waals surface area (Å²) in [7, 11) is 7.90. The second kappa shape index (κ2) is 12.7. The van der Waals surface area contributed by atoms with Gasteiger partial charge in [-0.25, -0.2) is 9.59 Å². The Hall–Kier alpha value is -2.67. The highest BCUT2D eigenvalue weighted by molar-refractivity contribution is 6.03. The number of quaternary nitrogens is 1. The molecule has 0 radical (unpaired) electrons. The molecule has 7 nitrogen and oxygen atoms in total. The largest absolute Gasteiger partial charge is 0.465 e. The third-order valence-corrected chi connectivity index (χ3v) is 15.8. The Morgan fingerprint density at radius 3 is 2.08 bits per heavy atom. The maximum atomic E-state index is 14.4. The third-order valence-electron chi connectivity index (χ3n) is 15.8. The van der Waals surface area contributed by atoms with E-state index < -0.39 is 11.9 Å². The fourth-order valence-electron chi connectivity index (χ4n) is 12.6. The molecule has 0 heterocycles. The summed E-state index contributed by atoms with van der Waals surface area (Å²) in [5.74, 6) is 0.273. The first-order chi connectivity index (χ1) is 23.7. The summed E-state index contributed by atoms with van der Waals surface area (Å²) >= 11 is 0. The topological polar surface area (TPSA) is 81.7 Å². The summed E-state index contributed by atoms with van der Waals surface area (Å²) < 4.78 is 12.2. The van der Waals surface area contributed by atoms with Crippen molar-refractivity contribution in [3.63, 3.8) is 0 Å². The number of rotatable bonds is 7. The van der Waals surface area contributed by atoms with Crippen LogP contribution < -0.4 is 5.32 Å². The zero-order chi connectivity index (χ0) is 37.4. The number of carbonyl (C=O) groups excluding carboxylic acids is 3. The van der Waals surface area contributed by atoms with Gasteiger partial charge in [-0.3, -0.25) is 4.79 Å². The van der Waals surface area contributed by atoms with Crippen LogP contribution in [-0.2, 0) is 14.3 Å². The van der Waals surface area contributed by atoms with Crippen LogP contribution in [0.15, 0.2) is 35.4 Å². The highest BCUT2D eigenvalue weighted by atomic mass is 16.5. The molecule has 4 saturated carbocycles. The Kier molecular flexibility index (Phi) is 9.50. The van der Waals surface area contributed by atoms with Gasteiger partial charge in [-0.2, -0.15) is 0 Å². The summed E-state index contributed by atoms with van der Waals surface area (Å²) in [4.78, 5) is 40.5. The number of amides is 1. The van der Waals surface area contributed by atoms with Gasteiger partial charge in [-0.05, 0) is 116 Å². The van der Waals surface area contributed by atoms with Crippen molar-refractivity contribution in [2.45, 2.75) is 125 Å². The molecule has 282 valence electrons. The maximum absolute atomic E-state index is 14.4. The van der Waals surface area contributed by atoms with Gasteiger partial charge in [0.15, 0.2) is 0 Å². The van der Waals surface area contributed by atoms with Crippen LogP contribution in [0.5, 0.6) is 0 Å². The molecule has 4 fully saturated rings. The lowest BCUT2D eigenvalue weighted by molar-refractivity contribution is -0.869. The first kappa shape index (κ1) is 38.1. The predicted octanol–water partition coefficient (Wildman–Crippen LogP) is 8.77. The molecule has 0 spiro atoms. The number of carbonyl (C=O) groups is 3. The minimum Gasteiger partial charge on any atom is -0.465 e. The van der Waals surface area contributed by atoms with Crippen LogP contribution in [-0.4, -0.2) is 69.8 Å². The molecule has 7 heteroatoms. The Morgan fingerprint density at radius 2 is 1.43 bits per heavy atom. The van der Waals surface area contributed by atoms with Crippen LogP contribution in [0.1, 0.15) is 140 Å². The number of nitrogens with one attached hydrogen (secondary N) is 1. The van der Waals surface area contributed by atoms with Crippen LogP contribution in [0.2, 0.25) is 0 Å². The van der Waals surface area contributed by atoms with Crippen molar-refractivity contribution < 1.29 is 28.3 Å². The highest BCUT2D eigenvalue weighted by Gasteiger charge is 2.68. The number of ether oxygens (including phenoxy) is 2. The summed E-state index contributed by atoms with van der Waals surface area (Å²) in [6, 6.07) is 6.80. The van der Waals surface area contributed by atoms with E-state index in [0.29, 0.717) is 11.8 Å². The van der Waals surface area contributed by atoms with E-state index in [1.54, 1.807) is 29.8 Å². The lowest BCUT2D eigenvalue weighted by atomic mass is 9.34. The van der Waals surface area contributed by atoms with Gasteiger partial charge >= 0.3 is 11.9 Å². The molecule has 0 saturated heterocycles. The van der Waals surface area contributed by atoms with E-state index in [0.717, 1.165) is 88.2 Å². The molecule has 7 atom stereocenters. The lowest BCUT2D eigenvalue weighted by Gasteiger charge is -2.71. The van der Waals surface area contributed by atoms with E-state index in [2.05, 4.69) is 74.9 Å². The van der Waals surface area contributed by atoms with Gasteiger partial charge in [0.2, 0.25) is 5.91 Å². The van der Waals surface area contributed by atoms with Crippen molar-refractivity contribution in [2.24, 2.45) is 44.3 Å². The normalized spacial score (nSPS) is 36.8. The number of likely N-dealkylation sites (N-methyl/N-ethyl adjacent to an activating group) is 1. The van der Waals surface area contributed by atoms with Crippen LogP contribution >= 0.6 is 0 Å². The Bertz CT molecular complexity index is 1600. The minimum atomic E-state index is -0.526. The molecule has 6 rings (SSSR count). The second-order valence-corrected chi connectivity index (χ2v) is 20.4. The van der Waals surface area contributed by atoms with Gasteiger partial charge < -0.3 is 19.3 Å². The summed E-state index contributed by atoms with van der Waals surface area (Å²) in [5.41, 5.74) is 3.58. The van der Waals surface area contributed by atoms with Gasteiger partial charge in [0.1, 0.15) is 6.10 Å². The quantitative estimate of drug-likeness (QED) is 0.175.